The van der Waals surface area contributed by atoms with E-state index < -0.39 is 0 Å². The number of aromatic nitrogens is 2. The Balaban J connectivity index is 1.93. The van der Waals surface area contributed by atoms with E-state index in [0.717, 1.165) is 24.8 Å². The molecule has 18 heavy (non-hydrogen) atoms. The number of hydrogen-bond donors (Lipinski definition) is 2. The van der Waals surface area contributed by atoms with Crippen LogP contribution in [0.4, 0.5) is 0 Å². The summed E-state index contributed by atoms with van der Waals surface area (Å²) < 4.78 is 1.70. The highest BCUT2D eigenvalue weighted by Crippen LogP contribution is 2.09. The number of rotatable bonds is 6. The maximum atomic E-state index is 12.0. The third-order valence-electron chi connectivity index (χ3n) is 2.84. The molecule has 96 valence electrons. The van der Waals surface area contributed by atoms with Gasteiger partial charge in [-0.1, -0.05) is 12.5 Å². The fourth-order valence-corrected chi connectivity index (χ4v) is 1.85. The topological polar surface area (TPSA) is 72.4 Å². The normalized spacial score (nSPS) is 10.7. The van der Waals surface area contributed by atoms with E-state index in [-0.39, 0.29) is 5.91 Å². The monoisotopic (exact) mass is 246 g/mol. The number of carbonyl (C=O) groups excluding carboxylic acids is 1. The minimum atomic E-state index is -0.0658. The molecule has 0 fully saturated rings. The second-order valence-electron chi connectivity index (χ2n) is 4.19. The van der Waals surface area contributed by atoms with Gasteiger partial charge in [0.2, 0.25) is 0 Å². The summed E-state index contributed by atoms with van der Waals surface area (Å²) >= 11 is 0. The van der Waals surface area contributed by atoms with Gasteiger partial charge in [0, 0.05) is 12.7 Å². The van der Waals surface area contributed by atoms with Gasteiger partial charge in [-0.05, 0) is 31.5 Å². The minimum absolute atomic E-state index is 0.0658. The smallest absolute Gasteiger partial charge is 0.255 e. The van der Waals surface area contributed by atoms with Crippen LogP contribution in [0.25, 0.3) is 5.52 Å². The molecule has 3 N–H and O–H groups in total. The van der Waals surface area contributed by atoms with E-state index in [0.29, 0.717) is 18.7 Å². The Morgan fingerprint density at radius 1 is 1.33 bits per heavy atom. The molecule has 2 aromatic rings. The molecule has 5 heteroatoms. The van der Waals surface area contributed by atoms with E-state index in [1.165, 1.54) is 0 Å². The van der Waals surface area contributed by atoms with Crippen molar-refractivity contribution in [3.63, 3.8) is 0 Å². The Morgan fingerprint density at radius 3 is 3.06 bits per heavy atom. The van der Waals surface area contributed by atoms with Crippen LogP contribution in [0.3, 0.4) is 0 Å². The summed E-state index contributed by atoms with van der Waals surface area (Å²) in [5.41, 5.74) is 6.86. The summed E-state index contributed by atoms with van der Waals surface area (Å²) in [5.74, 6) is -0.0658. The third kappa shape index (κ3) is 2.87. The number of pyridine rings is 1. The lowest BCUT2D eigenvalue weighted by atomic mass is 10.2. The van der Waals surface area contributed by atoms with E-state index in [1.54, 1.807) is 10.7 Å². The molecule has 0 unspecified atom stereocenters. The maximum Gasteiger partial charge on any atom is 0.255 e. The van der Waals surface area contributed by atoms with Crippen LogP contribution >= 0.6 is 0 Å². The number of nitrogens with one attached hydrogen (secondary N) is 1. The molecule has 0 aliphatic heterocycles. The molecule has 0 saturated heterocycles. The van der Waals surface area contributed by atoms with Gasteiger partial charge in [0.15, 0.2) is 0 Å². The number of fused-ring (bicyclic) bond motifs is 1. The molecule has 0 aliphatic carbocycles. The molecule has 5 nitrogen and oxygen atoms in total. The van der Waals surface area contributed by atoms with Crippen LogP contribution in [-0.4, -0.2) is 28.6 Å². The average Bonchev–Trinajstić information content (AvgIpc) is 2.82. The summed E-state index contributed by atoms with van der Waals surface area (Å²) in [6, 6.07) is 5.67. The first-order chi connectivity index (χ1) is 8.83. The Morgan fingerprint density at radius 2 is 2.22 bits per heavy atom. The first-order valence-electron chi connectivity index (χ1n) is 6.23. The molecule has 2 rings (SSSR count). The molecule has 0 radical (unpaired) electrons. The number of amides is 1. The highest BCUT2D eigenvalue weighted by atomic mass is 16.1. The van der Waals surface area contributed by atoms with Crippen molar-refractivity contribution >= 4 is 11.4 Å². The number of nitrogens with zero attached hydrogens (tertiary/aromatic N) is 2. The number of carbonyl (C=O) groups is 1. The van der Waals surface area contributed by atoms with E-state index >= 15 is 0 Å². The van der Waals surface area contributed by atoms with Crippen LogP contribution in [0.5, 0.6) is 0 Å². The summed E-state index contributed by atoms with van der Waals surface area (Å²) in [5, 5.41) is 7.04. The van der Waals surface area contributed by atoms with Crippen LogP contribution in [0.2, 0.25) is 0 Å². The number of nitrogens with two attached hydrogens (primary N) is 1. The molecule has 0 aliphatic rings. The van der Waals surface area contributed by atoms with Gasteiger partial charge in [0.1, 0.15) is 0 Å². The molecular weight excluding hydrogens is 228 g/mol. The van der Waals surface area contributed by atoms with Gasteiger partial charge in [0.05, 0.1) is 17.3 Å². The fourth-order valence-electron chi connectivity index (χ4n) is 1.85. The minimum Gasteiger partial charge on any atom is -0.352 e. The van der Waals surface area contributed by atoms with Crippen molar-refractivity contribution < 1.29 is 4.79 Å². The van der Waals surface area contributed by atoms with Gasteiger partial charge in [0.25, 0.3) is 5.91 Å². The van der Waals surface area contributed by atoms with E-state index in [1.807, 2.05) is 24.4 Å². The Hall–Kier alpha value is -1.88. The van der Waals surface area contributed by atoms with Gasteiger partial charge in [-0.2, -0.15) is 5.10 Å². The van der Waals surface area contributed by atoms with Crippen molar-refractivity contribution in [3.8, 4) is 0 Å². The lowest BCUT2D eigenvalue weighted by Gasteiger charge is -2.03. The highest BCUT2D eigenvalue weighted by molar-refractivity contribution is 6.00. The second kappa shape index (κ2) is 6.16. The van der Waals surface area contributed by atoms with Crippen molar-refractivity contribution in [3.05, 3.63) is 36.2 Å². The lowest BCUT2D eigenvalue weighted by molar-refractivity contribution is 0.0954. The quantitative estimate of drug-likeness (QED) is 0.752. The molecule has 0 atom stereocenters. The van der Waals surface area contributed by atoms with Crippen LogP contribution in [-0.2, 0) is 0 Å². The van der Waals surface area contributed by atoms with Crippen molar-refractivity contribution in [1.29, 1.82) is 0 Å². The van der Waals surface area contributed by atoms with E-state index in [2.05, 4.69) is 10.4 Å². The van der Waals surface area contributed by atoms with Gasteiger partial charge in [-0.15, -0.1) is 0 Å². The van der Waals surface area contributed by atoms with Crippen LogP contribution in [0, 0.1) is 0 Å². The summed E-state index contributed by atoms with van der Waals surface area (Å²) in [6.07, 6.45) is 6.44. The second-order valence-corrected chi connectivity index (χ2v) is 4.19. The van der Waals surface area contributed by atoms with Gasteiger partial charge in [-0.3, -0.25) is 4.79 Å². The zero-order valence-electron chi connectivity index (χ0n) is 10.3. The summed E-state index contributed by atoms with van der Waals surface area (Å²) in [7, 11) is 0. The predicted octanol–water partition coefficient (Wildman–Crippen LogP) is 1.19. The number of hydrogen-bond acceptors (Lipinski definition) is 3. The van der Waals surface area contributed by atoms with Crippen LogP contribution < -0.4 is 11.1 Å². The lowest BCUT2D eigenvalue weighted by Crippen LogP contribution is -2.24. The van der Waals surface area contributed by atoms with Crippen molar-refractivity contribution in [2.24, 2.45) is 5.73 Å². The molecule has 0 saturated carbocycles. The van der Waals surface area contributed by atoms with Crippen LogP contribution in [0.1, 0.15) is 29.6 Å². The first kappa shape index (κ1) is 12.6. The molecule has 0 aromatic carbocycles. The molecule has 0 bridgehead atoms. The number of unbranched alkanes of at least 4 members (excludes halogenated alkanes) is 2. The van der Waals surface area contributed by atoms with Gasteiger partial charge >= 0.3 is 0 Å². The largest absolute Gasteiger partial charge is 0.352 e. The summed E-state index contributed by atoms with van der Waals surface area (Å²) in [6.45, 7) is 1.39. The van der Waals surface area contributed by atoms with Crippen LogP contribution in [0.15, 0.2) is 30.6 Å². The Kier molecular flexibility index (Phi) is 4.30. The van der Waals surface area contributed by atoms with E-state index in [9.17, 15) is 4.79 Å². The standard InChI is InChI=1S/C13H18N4O/c14-7-3-1-4-8-15-13(18)11-10-16-17-9-5-2-6-12(11)17/h2,5-6,9-10H,1,3-4,7-8,14H2,(H,15,18). The maximum absolute atomic E-state index is 12.0. The molecule has 2 heterocycles. The van der Waals surface area contributed by atoms with Gasteiger partial charge < -0.3 is 11.1 Å². The third-order valence-corrected chi connectivity index (χ3v) is 2.84. The Labute approximate surface area is 106 Å². The highest BCUT2D eigenvalue weighted by Gasteiger charge is 2.10. The van der Waals surface area contributed by atoms with Gasteiger partial charge in [-0.25, -0.2) is 4.52 Å². The first-order valence-corrected chi connectivity index (χ1v) is 6.23. The van der Waals surface area contributed by atoms with E-state index in [4.69, 9.17) is 5.73 Å². The zero-order valence-corrected chi connectivity index (χ0v) is 10.3. The molecular formula is C13H18N4O. The summed E-state index contributed by atoms with van der Waals surface area (Å²) in [4.78, 5) is 12.0. The van der Waals surface area contributed by atoms with Crippen molar-refractivity contribution in [2.45, 2.75) is 19.3 Å². The molecule has 1 amide bonds. The zero-order chi connectivity index (χ0) is 12.8. The Bertz CT molecular complexity index is 520. The molecule has 0 spiro atoms. The molecule has 2 aromatic heterocycles. The SMILES string of the molecule is NCCCCCNC(=O)c1cnn2ccccc12. The van der Waals surface area contributed by atoms with Crippen molar-refractivity contribution in [1.82, 2.24) is 14.9 Å². The van der Waals surface area contributed by atoms with Crippen molar-refractivity contribution in [2.75, 3.05) is 13.1 Å². The average molecular weight is 246 g/mol. The predicted molar refractivity (Wildman–Crippen MR) is 70.4 cm³/mol. The fraction of sp³-hybridized carbons (Fsp3) is 0.385.